The van der Waals surface area contributed by atoms with E-state index in [2.05, 4.69) is 325 Å². The zero-order chi connectivity index (χ0) is 60.4. The van der Waals surface area contributed by atoms with E-state index in [1.54, 1.807) is 0 Å². The number of para-hydroxylation sites is 4. The number of nitrogens with zero attached hydrogens (tertiary/aromatic N) is 2. The van der Waals surface area contributed by atoms with Crippen LogP contribution in [0.1, 0.15) is 0 Å². The number of fused-ring (bicyclic) bond motifs is 18. The Morgan fingerprint density at radius 3 is 1.23 bits per heavy atom. The Labute approximate surface area is 536 Å². The maximum Gasteiger partial charge on any atom is 0.161 e. The molecule has 0 spiro atoms. The Kier molecular flexibility index (Phi) is 12.0. The Morgan fingerprint density at radius 2 is 0.663 bits per heavy atom. The van der Waals surface area contributed by atoms with Crippen molar-refractivity contribution in [2.45, 2.75) is 0 Å². The van der Waals surface area contributed by atoms with Crippen LogP contribution in [0.3, 0.4) is 0 Å². The molecule has 0 amide bonds. The Bertz CT molecular complexity index is 6320. The van der Waals surface area contributed by atoms with Crippen molar-refractivity contribution in [1.82, 2.24) is 9.13 Å². The molecule has 92 heavy (non-hydrogen) atoms. The lowest BCUT2D eigenvalue weighted by molar-refractivity contribution is 0.672. The van der Waals surface area contributed by atoms with Gasteiger partial charge in [0, 0.05) is 73.3 Å². The van der Waals surface area contributed by atoms with E-state index in [-0.39, 0.29) is 0 Å². The average molecular weight is 1210 g/mol. The number of hydrogen-bond acceptors (Lipinski definition) is 4. The Balaban J connectivity index is 0.000000132. The molecule has 0 unspecified atom stereocenters. The topological polar surface area (TPSA) is 36.1 Å². The van der Waals surface area contributed by atoms with Crippen LogP contribution in [0.5, 0.6) is 0 Å². The van der Waals surface area contributed by atoms with Crippen LogP contribution in [-0.2, 0) is 0 Å². The van der Waals surface area contributed by atoms with E-state index in [0.717, 1.165) is 77.3 Å². The van der Waals surface area contributed by atoms with Crippen molar-refractivity contribution in [2.24, 2.45) is 0 Å². The Hall–Kier alpha value is -11.5. The van der Waals surface area contributed by atoms with Crippen LogP contribution in [-0.4, -0.2) is 9.13 Å². The van der Waals surface area contributed by atoms with Crippen LogP contribution in [0.2, 0.25) is 0 Å². The molecular formula is C86H52N2O2S2. The number of benzene rings is 14. The molecular weight excluding hydrogens is 1160 g/mol. The van der Waals surface area contributed by atoms with Gasteiger partial charge >= 0.3 is 0 Å². The van der Waals surface area contributed by atoms with Crippen LogP contribution in [0.4, 0.5) is 0 Å². The monoisotopic (exact) mass is 1210 g/mol. The molecule has 0 saturated heterocycles. The minimum atomic E-state index is 0.897. The van der Waals surface area contributed by atoms with Crippen LogP contribution in [0.15, 0.2) is 324 Å². The van der Waals surface area contributed by atoms with Crippen molar-refractivity contribution < 1.29 is 8.83 Å². The lowest BCUT2D eigenvalue weighted by atomic mass is 9.95. The van der Waals surface area contributed by atoms with Crippen molar-refractivity contribution >= 4 is 140 Å². The summed E-state index contributed by atoms with van der Waals surface area (Å²) < 4.78 is 23.1. The van der Waals surface area contributed by atoms with Gasteiger partial charge in [0.2, 0.25) is 0 Å². The smallest absolute Gasteiger partial charge is 0.161 e. The molecule has 0 aliphatic heterocycles. The number of rotatable bonds is 7. The highest BCUT2D eigenvalue weighted by molar-refractivity contribution is 7.27. The molecule has 6 aromatic heterocycles. The molecule has 14 aromatic carbocycles. The van der Waals surface area contributed by atoms with Crippen LogP contribution < -0.4 is 0 Å². The first-order valence-corrected chi connectivity index (χ1v) is 32.8. The fourth-order valence-corrected chi connectivity index (χ4v) is 17.0. The molecule has 0 fully saturated rings. The lowest BCUT2D eigenvalue weighted by Crippen LogP contribution is -1.92. The van der Waals surface area contributed by atoms with Gasteiger partial charge in [-0.15, -0.1) is 22.7 Å². The van der Waals surface area contributed by atoms with Crippen LogP contribution in [0, 0.1) is 0 Å². The first-order chi connectivity index (χ1) is 45.6. The minimum absolute atomic E-state index is 0.897. The van der Waals surface area contributed by atoms with Gasteiger partial charge in [-0.3, -0.25) is 0 Å². The van der Waals surface area contributed by atoms with Crippen LogP contribution >= 0.6 is 22.7 Å². The highest BCUT2D eigenvalue weighted by Crippen LogP contribution is 2.48. The number of hydrogen-bond donors (Lipinski definition) is 0. The molecule has 430 valence electrons. The first kappa shape index (κ1) is 52.4. The zero-order valence-electron chi connectivity index (χ0n) is 49.5. The molecule has 0 aliphatic rings. The summed E-state index contributed by atoms with van der Waals surface area (Å²) >= 11 is 3.78. The van der Waals surface area contributed by atoms with Gasteiger partial charge in [-0.05, 0) is 163 Å². The SMILES string of the molecule is c1ccc(-c2cccc3c2sc2cccc(-c4cccc(-c5ccc6oc7c8ccccc8n(-c8ccccc8)c7c6c5)c4)c23)cc1.c1ccc(-n2c3ccccc3c3oc4ccc(-c5cccc(-c6cccc7sc8c9ccccc9ccc8c67)c5)cc4c32)cc1. The third-order valence-corrected chi connectivity index (χ3v) is 21.0. The van der Waals surface area contributed by atoms with Crippen molar-refractivity contribution in [3.63, 3.8) is 0 Å². The van der Waals surface area contributed by atoms with Gasteiger partial charge in [0.25, 0.3) is 0 Å². The summed E-state index contributed by atoms with van der Waals surface area (Å²) in [5.41, 5.74) is 22.6. The zero-order valence-corrected chi connectivity index (χ0v) is 51.2. The van der Waals surface area contributed by atoms with Gasteiger partial charge in [0.1, 0.15) is 22.2 Å². The molecule has 0 radical (unpaired) electrons. The standard InChI is InChI=1S/C44H27NOS.C42H25NOS/c1-3-12-28(13-4-1)34-20-10-21-36-41-33(19-11-23-40(41)47-44(34)36)31-15-9-14-29(26-31)30-24-25-39-37(27-30)42-43(46-39)35-18-7-8-22-38(35)45(42)32-16-5-2-6-17-32;1-2-13-30(14-3-1)43-36-18-7-6-16-33(36)41-40(43)35-25-28(21-23-37(35)44-41)27-11-8-12-29(24-27)31-17-9-19-38-39(31)34-22-20-26-10-4-5-15-32(26)42(34)45-38/h1-27H;1-25H. The molecule has 0 bridgehead atoms. The summed E-state index contributed by atoms with van der Waals surface area (Å²) in [6.07, 6.45) is 0. The summed E-state index contributed by atoms with van der Waals surface area (Å²) in [5.74, 6) is 0. The lowest BCUT2D eigenvalue weighted by Gasteiger charge is -2.10. The fraction of sp³-hybridized carbons (Fsp3) is 0. The molecule has 0 saturated carbocycles. The number of aromatic nitrogens is 2. The Morgan fingerprint density at radius 1 is 0.250 bits per heavy atom. The molecule has 0 atom stereocenters. The van der Waals surface area contributed by atoms with Gasteiger partial charge in [0.15, 0.2) is 11.2 Å². The highest BCUT2D eigenvalue weighted by Gasteiger charge is 2.23. The predicted molar refractivity (Wildman–Crippen MR) is 392 cm³/mol. The second kappa shape index (κ2) is 21.0. The van der Waals surface area contributed by atoms with E-state index >= 15 is 0 Å². The van der Waals surface area contributed by atoms with E-state index in [1.165, 1.54) is 107 Å². The molecule has 0 N–H and O–H groups in total. The van der Waals surface area contributed by atoms with Gasteiger partial charge in [-0.1, -0.05) is 218 Å². The van der Waals surface area contributed by atoms with Crippen molar-refractivity contribution in [2.75, 3.05) is 0 Å². The summed E-state index contributed by atoms with van der Waals surface area (Å²) in [6, 6.07) is 113. The van der Waals surface area contributed by atoms with Gasteiger partial charge in [-0.25, -0.2) is 0 Å². The average Bonchev–Trinajstić information content (AvgIpc) is 1.60. The second-order valence-electron chi connectivity index (χ2n) is 23.8. The molecule has 4 nitrogen and oxygen atoms in total. The summed E-state index contributed by atoms with van der Waals surface area (Å²) in [4.78, 5) is 0. The molecule has 0 aliphatic carbocycles. The molecule has 6 heterocycles. The van der Waals surface area contributed by atoms with Gasteiger partial charge < -0.3 is 18.0 Å². The molecule has 20 aromatic rings. The van der Waals surface area contributed by atoms with E-state index in [1.807, 2.05) is 22.7 Å². The van der Waals surface area contributed by atoms with E-state index in [4.69, 9.17) is 8.83 Å². The van der Waals surface area contributed by atoms with Crippen molar-refractivity contribution in [3.05, 3.63) is 315 Å². The normalized spacial score (nSPS) is 11.9. The maximum atomic E-state index is 6.55. The number of thiophene rings is 2. The second-order valence-corrected chi connectivity index (χ2v) is 25.9. The summed E-state index contributed by atoms with van der Waals surface area (Å²) in [5, 5.41) is 12.4. The van der Waals surface area contributed by atoms with Crippen molar-refractivity contribution in [3.8, 4) is 67.0 Å². The minimum Gasteiger partial charge on any atom is -0.454 e. The van der Waals surface area contributed by atoms with E-state index < -0.39 is 0 Å². The highest BCUT2D eigenvalue weighted by atomic mass is 32.1. The van der Waals surface area contributed by atoms with Crippen molar-refractivity contribution in [1.29, 1.82) is 0 Å². The fourth-order valence-electron chi connectivity index (χ4n) is 14.5. The molecule has 20 rings (SSSR count). The van der Waals surface area contributed by atoms with E-state index in [9.17, 15) is 0 Å². The maximum absolute atomic E-state index is 6.55. The van der Waals surface area contributed by atoms with Crippen LogP contribution in [0.25, 0.3) is 184 Å². The van der Waals surface area contributed by atoms with Gasteiger partial charge in [0.05, 0.1) is 11.0 Å². The quantitative estimate of drug-likeness (QED) is 0.159. The summed E-state index contributed by atoms with van der Waals surface area (Å²) in [7, 11) is 0. The largest absolute Gasteiger partial charge is 0.454 e. The molecule has 6 heteroatoms. The number of furan rings is 2. The third kappa shape index (κ3) is 8.28. The van der Waals surface area contributed by atoms with Gasteiger partial charge in [-0.2, -0.15) is 0 Å². The predicted octanol–water partition coefficient (Wildman–Crippen LogP) is 25.3. The first-order valence-electron chi connectivity index (χ1n) is 31.2. The van der Waals surface area contributed by atoms with E-state index in [0.29, 0.717) is 0 Å². The summed E-state index contributed by atoms with van der Waals surface area (Å²) in [6.45, 7) is 0. The third-order valence-electron chi connectivity index (χ3n) is 18.6.